The summed E-state index contributed by atoms with van der Waals surface area (Å²) >= 11 is 5.72. The first-order valence-corrected chi connectivity index (χ1v) is 7.09. The highest BCUT2D eigenvalue weighted by Gasteiger charge is 2.14. The summed E-state index contributed by atoms with van der Waals surface area (Å²) in [6.45, 7) is 3.94. The van der Waals surface area contributed by atoms with Crippen molar-refractivity contribution >= 4 is 17.4 Å². The molecule has 0 N–H and O–H groups in total. The number of hydrogen-bond donors (Lipinski definition) is 0. The summed E-state index contributed by atoms with van der Waals surface area (Å²) in [5, 5.41) is 3.83. The first kappa shape index (κ1) is 15.6. The van der Waals surface area contributed by atoms with Crippen LogP contribution in [0.15, 0.2) is 22.7 Å². The summed E-state index contributed by atoms with van der Waals surface area (Å²) in [5.41, 5.74) is 0.392. The number of ketones is 1. The van der Waals surface area contributed by atoms with Gasteiger partial charge in [-0.3, -0.25) is 4.79 Å². The Morgan fingerprint density at radius 2 is 2.19 bits per heavy atom. The van der Waals surface area contributed by atoms with Gasteiger partial charge in [-0.15, -0.1) is 0 Å². The molecular formula is C15H16ClFN2O2. The van der Waals surface area contributed by atoms with Gasteiger partial charge in [0, 0.05) is 12.8 Å². The molecule has 0 unspecified atom stereocenters. The molecule has 1 heterocycles. The molecule has 1 aromatic carbocycles. The second-order valence-corrected chi connectivity index (χ2v) is 5.71. The molecule has 1 aromatic heterocycles. The van der Waals surface area contributed by atoms with Crippen LogP contribution in [0.4, 0.5) is 4.39 Å². The van der Waals surface area contributed by atoms with Crippen LogP contribution in [-0.2, 0) is 17.6 Å². The van der Waals surface area contributed by atoms with Gasteiger partial charge in [-0.1, -0.05) is 42.7 Å². The van der Waals surface area contributed by atoms with E-state index in [9.17, 15) is 9.18 Å². The molecule has 0 aliphatic carbocycles. The average molecular weight is 311 g/mol. The Balaban J connectivity index is 2.03. The number of carbonyl (C=O) groups excluding carboxylic acids is 1. The van der Waals surface area contributed by atoms with E-state index in [4.69, 9.17) is 16.1 Å². The summed E-state index contributed by atoms with van der Waals surface area (Å²) < 4.78 is 18.8. The summed E-state index contributed by atoms with van der Waals surface area (Å²) in [5.74, 6) is 0.456. The minimum atomic E-state index is -0.485. The van der Waals surface area contributed by atoms with E-state index in [-0.39, 0.29) is 29.5 Å². The average Bonchev–Trinajstić information content (AvgIpc) is 2.81. The molecule has 0 saturated heterocycles. The van der Waals surface area contributed by atoms with Crippen LogP contribution in [0.1, 0.15) is 37.5 Å². The van der Waals surface area contributed by atoms with Gasteiger partial charge in [0.2, 0.25) is 5.89 Å². The third-order valence-corrected chi connectivity index (χ3v) is 3.17. The lowest BCUT2D eigenvalue weighted by atomic mass is 10.1. The molecule has 0 radical (unpaired) electrons. The largest absolute Gasteiger partial charge is 0.339 e. The fraction of sp³-hybridized carbons (Fsp3) is 0.400. The normalized spacial score (nSPS) is 11.1. The van der Waals surface area contributed by atoms with Crippen LogP contribution in [-0.4, -0.2) is 15.9 Å². The standard InChI is InChI=1S/C15H16ClFN2O2/c1-9(2)6-11(20)8-14-18-13(19-21-14)7-10-4-3-5-12(16)15(10)17/h3-5,9H,6-8H2,1-2H3. The fourth-order valence-electron chi connectivity index (χ4n) is 1.99. The predicted molar refractivity (Wildman–Crippen MR) is 76.7 cm³/mol. The smallest absolute Gasteiger partial charge is 0.234 e. The highest BCUT2D eigenvalue weighted by Crippen LogP contribution is 2.19. The highest BCUT2D eigenvalue weighted by atomic mass is 35.5. The summed E-state index contributed by atoms with van der Waals surface area (Å²) in [7, 11) is 0. The summed E-state index contributed by atoms with van der Waals surface area (Å²) in [6.07, 6.45) is 0.762. The molecule has 2 rings (SSSR count). The predicted octanol–water partition coefficient (Wildman–Crippen LogP) is 3.61. The van der Waals surface area contributed by atoms with E-state index in [2.05, 4.69) is 10.1 Å². The van der Waals surface area contributed by atoms with Crippen molar-refractivity contribution in [1.29, 1.82) is 0 Å². The lowest BCUT2D eigenvalue weighted by molar-refractivity contribution is -0.119. The van der Waals surface area contributed by atoms with Crippen molar-refractivity contribution < 1.29 is 13.7 Å². The maximum Gasteiger partial charge on any atom is 0.234 e. The number of rotatable bonds is 6. The Labute approximate surface area is 127 Å². The Hall–Kier alpha value is -1.75. The molecular weight excluding hydrogens is 295 g/mol. The van der Waals surface area contributed by atoms with Crippen molar-refractivity contribution in [2.75, 3.05) is 0 Å². The van der Waals surface area contributed by atoms with Gasteiger partial charge >= 0.3 is 0 Å². The van der Waals surface area contributed by atoms with Gasteiger partial charge in [0.25, 0.3) is 0 Å². The van der Waals surface area contributed by atoms with E-state index in [1.165, 1.54) is 6.07 Å². The van der Waals surface area contributed by atoms with Gasteiger partial charge in [0.05, 0.1) is 11.4 Å². The molecule has 0 saturated carbocycles. The van der Waals surface area contributed by atoms with Crippen molar-refractivity contribution in [2.24, 2.45) is 5.92 Å². The third kappa shape index (κ3) is 4.36. The molecule has 4 nitrogen and oxygen atoms in total. The molecule has 21 heavy (non-hydrogen) atoms. The zero-order valence-electron chi connectivity index (χ0n) is 11.9. The van der Waals surface area contributed by atoms with Crippen molar-refractivity contribution in [3.05, 3.63) is 46.3 Å². The van der Waals surface area contributed by atoms with Gasteiger partial charge < -0.3 is 4.52 Å². The van der Waals surface area contributed by atoms with Crippen LogP contribution >= 0.6 is 11.6 Å². The molecule has 0 fully saturated rings. The van der Waals surface area contributed by atoms with Gasteiger partial charge in [-0.05, 0) is 17.5 Å². The number of hydrogen-bond acceptors (Lipinski definition) is 4. The second-order valence-electron chi connectivity index (χ2n) is 5.31. The number of aromatic nitrogens is 2. The van der Waals surface area contributed by atoms with Crippen molar-refractivity contribution in [3.8, 4) is 0 Å². The zero-order valence-corrected chi connectivity index (χ0v) is 12.7. The van der Waals surface area contributed by atoms with E-state index in [0.29, 0.717) is 23.7 Å². The fourth-order valence-corrected chi connectivity index (χ4v) is 2.18. The van der Waals surface area contributed by atoms with Gasteiger partial charge in [-0.25, -0.2) is 4.39 Å². The number of halogens is 2. The first-order chi connectivity index (χ1) is 9.95. The number of Topliss-reactive ketones (excluding diaryl/α,β-unsaturated/α-hetero) is 1. The van der Waals surface area contributed by atoms with E-state index in [1.807, 2.05) is 13.8 Å². The number of nitrogens with zero attached hydrogens (tertiary/aromatic N) is 2. The molecule has 2 aromatic rings. The molecule has 0 aliphatic heterocycles. The molecule has 0 bridgehead atoms. The van der Waals surface area contributed by atoms with Gasteiger partial charge in [0.1, 0.15) is 11.6 Å². The molecule has 0 aliphatic rings. The Kier molecular flexibility index (Phi) is 5.07. The van der Waals surface area contributed by atoms with E-state index in [1.54, 1.807) is 12.1 Å². The summed E-state index contributed by atoms with van der Waals surface area (Å²) in [6, 6.07) is 4.75. The molecule has 0 spiro atoms. The maximum absolute atomic E-state index is 13.8. The van der Waals surface area contributed by atoms with E-state index >= 15 is 0 Å². The SMILES string of the molecule is CC(C)CC(=O)Cc1nc(Cc2cccc(Cl)c2F)no1. The molecule has 0 amide bonds. The van der Waals surface area contributed by atoms with Crippen LogP contribution in [0.5, 0.6) is 0 Å². The van der Waals surface area contributed by atoms with Crippen LogP contribution in [0.25, 0.3) is 0 Å². The zero-order chi connectivity index (χ0) is 15.4. The monoisotopic (exact) mass is 310 g/mol. The Bertz CT molecular complexity index is 640. The Morgan fingerprint density at radius 1 is 1.43 bits per heavy atom. The molecule has 112 valence electrons. The topological polar surface area (TPSA) is 56.0 Å². The van der Waals surface area contributed by atoms with Gasteiger partial charge in [-0.2, -0.15) is 4.98 Å². The lowest BCUT2D eigenvalue weighted by Crippen LogP contribution is -2.06. The van der Waals surface area contributed by atoms with E-state index < -0.39 is 5.82 Å². The number of benzene rings is 1. The Morgan fingerprint density at radius 3 is 2.90 bits per heavy atom. The quantitative estimate of drug-likeness (QED) is 0.818. The minimum absolute atomic E-state index is 0.0501. The van der Waals surface area contributed by atoms with Crippen molar-refractivity contribution in [2.45, 2.75) is 33.1 Å². The van der Waals surface area contributed by atoms with Crippen molar-refractivity contribution in [1.82, 2.24) is 10.1 Å². The van der Waals surface area contributed by atoms with Crippen LogP contribution in [0, 0.1) is 11.7 Å². The van der Waals surface area contributed by atoms with Crippen molar-refractivity contribution in [3.63, 3.8) is 0 Å². The summed E-state index contributed by atoms with van der Waals surface area (Å²) in [4.78, 5) is 15.8. The second kappa shape index (κ2) is 6.80. The molecule has 0 atom stereocenters. The van der Waals surface area contributed by atoms with Gasteiger partial charge in [0.15, 0.2) is 5.82 Å². The minimum Gasteiger partial charge on any atom is -0.339 e. The maximum atomic E-state index is 13.8. The van der Waals surface area contributed by atoms with Crippen LogP contribution in [0.3, 0.4) is 0 Å². The number of carbonyl (C=O) groups is 1. The lowest BCUT2D eigenvalue weighted by Gasteiger charge is -2.01. The van der Waals surface area contributed by atoms with Crippen LogP contribution in [0.2, 0.25) is 5.02 Å². The highest BCUT2D eigenvalue weighted by molar-refractivity contribution is 6.30. The third-order valence-electron chi connectivity index (χ3n) is 2.87. The molecule has 6 heteroatoms. The first-order valence-electron chi connectivity index (χ1n) is 6.71. The van der Waals surface area contributed by atoms with E-state index in [0.717, 1.165) is 0 Å². The van der Waals surface area contributed by atoms with Crippen LogP contribution < -0.4 is 0 Å².